The van der Waals surface area contributed by atoms with Crippen molar-refractivity contribution in [1.29, 1.82) is 5.26 Å². The predicted molar refractivity (Wildman–Crippen MR) is 134 cm³/mol. The molecule has 1 aliphatic rings. The van der Waals surface area contributed by atoms with Crippen LogP contribution in [0.25, 0.3) is 16.7 Å². The fourth-order valence-electron chi connectivity index (χ4n) is 5.18. The van der Waals surface area contributed by atoms with E-state index in [1.54, 1.807) is 0 Å². The minimum Gasteiger partial charge on any atom is -0.355 e. The third kappa shape index (κ3) is 3.87. The summed E-state index contributed by atoms with van der Waals surface area (Å²) in [5.74, 6) is 1.16. The molecule has 0 N–H and O–H groups in total. The highest BCUT2D eigenvalue weighted by Crippen LogP contribution is 2.30. The van der Waals surface area contributed by atoms with Crippen molar-refractivity contribution in [1.82, 2.24) is 18.9 Å². The lowest BCUT2D eigenvalue weighted by Gasteiger charge is -2.36. The summed E-state index contributed by atoms with van der Waals surface area (Å²) in [6.07, 6.45) is 1.90. The Morgan fingerprint density at radius 1 is 0.970 bits per heavy atom. The Morgan fingerprint density at radius 2 is 1.70 bits per heavy atom. The van der Waals surface area contributed by atoms with Gasteiger partial charge in [-0.3, -0.25) is 9.30 Å². The van der Waals surface area contributed by atoms with Crippen LogP contribution < -0.4 is 4.90 Å². The lowest BCUT2D eigenvalue weighted by atomic mass is 10.1. The van der Waals surface area contributed by atoms with Crippen molar-refractivity contribution in [3.05, 3.63) is 65.0 Å². The maximum absolute atomic E-state index is 9.95. The zero-order chi connectivity index (χ0) is 22.9. The molecule has 6 heteroatoms. The Hall–Kier alpha value is -3.30. The lowest BCUT2D eigenvalue weighted by Crippen LogP contribution is -2.47. The SMILES string of the molecule is CCCc1cc(N2CCN(CCn3c(C)ccc3C)CC2)n2c(nc3ccccc32)c1C#N. The van der Waals surface area contributed by atoms with Gasteiger partial charge < -0.3 is 9.47 Å². The Balaban J connectivity index is 1.43. The van der Waals surface area contributed by atoms with Gasteiger partial charge in [0.25, 0.3) is 0 Å². The quantitative estimate of drug-likeness (QED) is 0.441. The second-order valence-electron chi connectivity index (χ2n) is 9.12. The lowest BCUT2D eigenvalue weighted by molar-refractivity contribution is 0.246. The molecule has 0 radical (unpaired) electrons. The molecule has 1 fully saturated rings. The zero-order valence-corrected chi connectivity index (χ0v) is 19.9. The van der Waals surface area contributed by atoms with Crippen molar-refractivity contribution in [2.75, 3.05) is 37.6 Å². The van der Waals surface area contributed by atoms with E-state index in [2.05, 4.69) is 75.9 Å². The van der Waals surface area contributed by atoms with E-state index in [0.717, 1.165) is 80.2 Å². The number of piperazine rings is 1. The van der Waals surface area contributed by atoms with Crippen molar-refractivity contribution >= 4 is 22.5 Å². The van der Waals surface area contributed by atoms with E-state index in [-0.39, 0.29) is 0 Å². The molecule has 1 saturated heterocycles. The van der Waals surface area contributed by atoms with Crippen LogP contribution in [0, 0.1) is 25.2 Å². The fourth-order valence-corrected chi connectivity index (χ4v) is 5.18. The Bertz CT molecular complexity index is 1310. The molecule has 0 saturated carbocycles. The summed E-state index contributed by atoms with van der Waals surface area (Å²) in [7, 11) is 0. The number of fused-ring (bicyclic) bond motifs is 3. The standard InChI is InChI=1S/C27H32N6/c1-4-7-22-18-26(33-25-9-6-5-8-24(25)29-27(33)23(22)19-28)31-15-12-30(13-16-31)14-17-32-20(2)10-11-21(32)3/h5-6,8-11,18H,4,7,12-17H2,1-3H3. The van der Waals surface area contributed by atoms with Crippen LogP contribution in [-0.2, 0) is 13.0 Å². The number of nitrogens with zero attached hydrogens (tertiary/aromatic N) is 6. The fraction of sp³-hybridized carbons (Fsp3) is 0.407. The van der Waals surface area contributed by atoms with Crippen LogP contribution in [0.2, 0.25) is 0 Å². The zero-order valence-electron chi connectivity index (χ0n) is 19.9. The molecule has 1 aliphatic heterocycles. The van der Waals surface area contributed by atoms with Gasteiger partial charge in [0.05, 0.1) is 16.6 Å². The number of hydrogen-bond acceptors (Lipinski definition) is 4. The molecular formula is C27H32N6. The molecule has 0 aliphatic carbocycles. The molecule has 6 nitrogen and oxygen atoms in total. The highest BCUT2D eigenvalue weighted by Gasteiger charge is 2.23. The molecule has 1 aromatic carbocycles. The molecular weight excluding hydrogens is 408 g/mol. The van der Waals surface area contributed by atoms with E-state index in [1.807, 2.05) is 12.1 Å². The summed E-state index contributed by atoms with van der Waals surface area (Å²) in [6.45, 7) is 12.7. The van der Waals surface area contributed by atoms with Crippen LogP contribution in [0.4, 0.5) is 5.82 Å². The van der Waals surface area contributed by atoms with Crippen molar-refractivity contribution in [3.63, 3.8) is 0 Å². The maximum Gasteiger partial charge on any atom is 0.157 e. The predicted octanol–water partition coefficient (Wildman–Crippen LogP) is 4.55. The molecule has 4 heterocycles. The van der Waals surface area contributed by atoms with Gasteiger partial charge in [0.15, 0.2) is 5.65 Å². The van der Waals surface area contributed by atoms with Crippen LogP contribution in [0.1, 0.15) is 35.9 Å². The molecule has 3 aromatic heterocycles. The van der Waals surface area contributed by atoms with Crippen LogP contribution >= 0.6 is 0 Å². The number of hydrogen-bond donors (Lipinski definition) is 0. The van der Waals surface area contributed by atoms with Gasteiger partial charge in [0.1, 0.15) is 11.9 Å². The second-order valence-corrected chi connectivity index (χ2v) is 9.12. The topological polar surface area (TPSA) is 52.5 Å². The van der Waals surface area contributed by atoms with Gasteiger partial charge in [-0.1, -0.05) is 25.5 Å². The number of para-hydroxylation sites is 2. The number of nitriles is 1. The van der Waals surface area contributed by atoms with Gasteiger partial charge in [0.2, 0.25) is 0 Å². The number of aromatic nitrogens is 3. The molecule has 0 spiro atoms. The van der Waals surface area contributed by atoms with Crippen molar-refractivity contribution in [2.45, 2.75) is 40.2 Å². The average molecular weight is 441 g/mol. The number of benzene rings is 1. The van der Waals surface area contributed by atoms with Gasteiger partial charge in [0, 0.05) is 50.7 Å². The average Bonchev–Trinajstić information content (AvgIpc) is 3.37. The first-order valence-electron chi connectivity index (χ1n) is 12.0. The largest absolute Gasteiger partial charge is 0.355 e. The monoisotopic (exact) mass is 440 g/mol. The summed E-state index contributed by atoms with van der Waals surface area (Å²) < 4.78 is 4.61. The smallest absolute Gasteiger partial charge is 0.157 e. The normalized spacial score (nSPS) is 14.9. The Kier molecular flexibility index (Phi) is 5.82. The minimum atomic E-state index is 0.716. The van der Waals surface area contributed by atoms with Crippen LogP contribution in [0.3, 0.4) is 0 Å². The van der Waals surface area contributed by atoms with E-state index >= 15 is 0 Å². The van der Waals surface area contributed by atoms with Gasteiger partial charge in [-0.05, 0) is 56.2 Å². The summed E-state index contributed by atoms with van der Waals surface area (Å²) in [4.78, 5) is 9.92. The second kappa shape index (κ2) is 8.92. The van der Waals surface area contributed by atoms with Gasteiger partial charge in [-0.15, -0.1) is 0 Å². The molecule has 5 rings (SSSR count). The number of pyridine rings is 1. The first-order valence-corrected chi connectivity index (χ1v) is 12.0. The summed E-state index contributed by atoms with van der Waals surface area (Å²) in [5, 5.41) is 9.95. The Morgan fingerprint density at radius 3 is 2.39 bits per heavy atom. The van der Waals surface area contributed by atoms with E-state index in [4.69, 9.17) is 4.98 Å². The molecule has 0 amide bonds. The summed E-state index contributed by atoms with van der Waals surface area (Å²) in [5.41, 5.74) is 7.30. The van der Waals surface area contributed by atoms with Gasteiger partial charge in [-0.2, -0.15) is 5.26 Å². The third-order valence-electron chi connectivity index (χ3n) is 7.02. The van der Waals surface area contributed by atoms with E-state index in [1.165, 1.54) is 11.4 Å². The number of anilines is 1. The Labute approximate surface area is 195 Å². The first-order chi connectivity index (χ1) is 16.1. The van der Waals surface area contributed by atoms with Crippen LogP contribution in [-0.4, -0.2) is 51.6 Å². The molecule has 0 unspecified atom stereocenters. The third-order valence-corrected chi connectivity index (χ3v) is 7.02. The van der Waals surface area contributed by atoms with Crippen molar-refractivity contribution in [2.24, 2.45) is 0 Å². The summed E-state index contributed by atoms with van der Waals surface area (Å²) >= 11 is 0. The molecule has 33 heavy (non-hydrogen) atoms. The summed E-state index contributed by atoms with van der Waals surface area (Å²) in [6, 6.07) is 17.3. The number of rotatable bonds is 6. The van der Waals surface area contributed by atoms with Crippen LogP contribution in [0.5, 0.6) is 0 Å². The molecule has 0 bridgehead atoms. The van der Waals surface area contributed by atoms with E-state index < -0.39 is 0 Å². The molecule has 0 atom stereocenters. The van der Waals surface area contributed by atoms with Crippen molar-refractivity contribution < 1.29 is 0 Å². The van der Waals surface area contributed by atoms with Crippen LogP contribution in [0.15, 0.2) is 42.5 Å². The van der Waals surface area contributed by atoms with E-state index in [9.17, 15) is 5.26 Å². The highest BCUT2D eigenvalue weighted by atomic mass is 15.3. The van der Waals surface area contributed by atoms with Gasteiger partial charge in [-0.25, -0.2) is 4.98 Å². The number of imidazole rings is 1. The molecule has 170 valence electrons. The van der Waals surface area contributed by atoms with Crippen molar-refractivity contribution in [3.8, 4) is 6.07 Å². The first kappa shape index (κ1) is 21.5. The maximum atomic E-state index is 9.95. The number of aryl methyl sites for hydroxylation is 3. The van der Waals surface area contributed by atoms with E-state index in [0.29, 0.717) is 5.56 Å². The molecule has 4 aromatic rings. The highest BCUT2D eigenvalue weighted by molar-refractivity contribution is 5.85. The van der Waals surface area contributed by atoms with Gasteiger partial charge >= 0.3 is 0 Å². The minimum absolute atomic E-state index is 0.716.